The summed E-state index contributed by atoms with van der Waals surface area (Å²) in [5.41, 5.74) is 10.3. The highest BCUT2D eigenvalue weighted by Gasteiger charge is 1.94. The van der Waals surface area contributed by atoms with Gasteiger partial charge in [-0.25, -0.2) is 10.2 Å². The minimum absolute atomic E-state index is 0.661. The van der Waals surface area contributed by atoms with Crippen molar-refractivity contribution in [3.05, 3.63) is 34.9 Å². The maximum Gasteiger partial charge on any atom is 0.332 e. The SMILES string of the molecule is Cc1ccc(/C=N/NC(N)=O)c(C)c1. The Morgan fingerprint density at radius 2 is 2.21 bits per heavy atom. The van der Waals surface area contributed by atoms with Gasteiger partial charge in [0.1, 0.15) is 0 Å². The second-order valence-electron chi connectivity index (χ2n) is 3.09. The van der Waals surface area contributed by atoms with E-state index in [0.717, 1.165) is 11.1 Å². The third kappa shape index (κ3) is 2.90. The highest BCUT2D eigenvalue weighted by atomic mass is 16.2. The average Bonchev–Trinajstić information content (AvgIpc) is 2.08. The van der Waals surface area contributed by atoms with E-state index >= 15 is 0 Å². The molecular formula is C10H13N3O. The van der Waals surface area contributed by atoms with Gasteiger partial charge >= 0.3 is 6.03 Å². The monoisotopic (exact) mass is 191 g/mol. The van der Waals surface area contributed by atoms with Crippen LogP contribution in [0.25, 0.3) is 0 Å². The van der Waals surface area contributed by atoms with Gasteiger partial charge in [0.25, 0.3) is 0 Å². The maximum atomic E-state index is 10.3. The molecule has 0 spiro atoms. The zero-order valence-corrected chi connectivity index (χ0v) is 8.24. The summed E-state index contributed by atoms with van der Waals surface area (Å²) in [4.78, 5) is 10.3. The van der Waals surface area contributed by atoms with E-state index in [2.05, 4.69) is 10.5 Å². The van der Waals surface area contributed by atoms with E-state index in [4.69, 9.17) is 5.73 Å². The zero-order valence-electron chi connectivity index (χ0n) is 8.24. The summed E-state index contributed by atoms with van der Waals surface area (Å²) >= 11 is 0. The number of nitrogens with two attached hydrogens (primary N) is 1. The van der Waals surface area contributed by atoms with Crippen LogP contribution >= 0.6 is 0 Å². The standard InChI is InChI=1S/C10H13N3O/c1-7-3-4-9(8(2)5-7)6-12-13-10(11)14/h3-6H,1-2H3,(H3,11,13,14)/b12-6+. The Labute approximate surface area is 82.8 Å². The lowest BCUT2D eigenvalue weighted by Crippen LogP contribution is -2.24. The van der Waals surface area contributed by atoms with Gasteiger partial charge in [-0.15, -0.1) is 0 Å². The van der Waals surface area contributed by atoms with Crippen LogP contribution in [0.4, 0.5) is 4.79 Å². The molecule has 4 nitrogen and oxygen atoms in total. The zero-order chi connectivity index (χ0) is 10.6. The van der Waals surface area contributed by atoms with Gasteiger partial charge in [0, 0.05) is 0 Å². The molecule has 0 aliphatic carbocycles. The van der Waals surface area contributed by atoms with Crippen molar-refractivity contribution in [2.45, 2.75) is 13.8 Å². The fourth-order valence-electron chi connectivity index (χ4n) is 1.14. The van der Waals surface area contributed by atoms with E-state index in [1.165, 1.54) is 5.56 Å². The average molecular weight is 191 g/mol. The molecule has 0 saturated heterocycles. The molecule has 0 radical (unpaired) electrons. The van der Waals surface area contributed by atoms with E-state index in [1.54, 1.807) is 6.21 Å². The van der Waals surface area contributed by atoms with Crippen LogP contribution in [0.1, 0.15) is 16.7 Å². The highest BCUT2D eigenvalue weighted by molar-refractivity contribution is 5.83. The van der Waals surface area contributed by atoms with Crippen molar-refractivity contribution in [1.29, 1.82) is 0 Å². The lowest BCUT2D eigenvalue weighted by atomic mass is 10.1. The summed E-state index contributed by atoms with van der Waals surface area (Å²) in [6.07, 6.45) is 1.57. The van der Waals surface area contributed by atoms with Gasteiger partial charge in [-0.2, -0.15) is 5.10 Å². The van der Waals surface area contributed by atoms with Crippen molar-refractivity contribution >= 4 is 12.2 Å². The van der Waals surface area contributed by atoms with Gasteiger partial charge in [0.2, 0.25) is 0 Å². The maximum absolute atomic E-state index is 10.3. The van der Waals surface area contributed by atoms with Crippen LogP contribution in [0, 0.1) is 13.8 Å². The van der Waals surface area contributed by atoms with Gasteiger partial charge in [0.05, 0.1) is 6.21 Å². The number of carbonyl (C=O) groups is 1. The first kappa shape index (κ1) is 10.2. The van der Waals surface area contributed by atoms with Crippen LogP contribution in [0.15, 0.2) is 23.3 Å². The smallest absolute Gasteiger partial charge is 0.332 e. The Morgan fingerprint density at radius 1 is 1.50 bits per heavy atom. The van der Waals surface area contributed by atoms with Gasteiger partial charge in [-0.05, 0) is 25.0 Å². The lowest BCUT2D eigenvalue weighted by Gasteiger charge is -2.00. The molecule has 1 rings (SSSR count). The van der Waals surface area contributed by atoms with Gasteiger partial charge < -0.3 is 5.73 Å². The third-order valence-corrected chi connectivity index (χ3v) is 1.80. The second-order valence-corrected chi connectivity index (χ2v) is 3.09. The number of hydrogen-bond donors (Lipinski definition) is 2. The Morgan fingerprint density at radius 3 is 2.79 bits per heavy atom. The molecule has 74 valence electrons. The number of nitrogens with one attached hydrogen (secondary N) is 1. The molecule has 14 heavy (non-hydrogen) atoms. The summed E-state index contributed by atoms with van der Waals surface area (Å²) in [6.45, 7) is 4.01. The van der Waals surface area contributed by atoms with Gasteiger partial charge in [0.15, 0.2) is 0 Å². The van der Waals surface area contributed by atoms with Crippen molar-refractivity contribution in [3.63, 3.8) is 0 Å². The summed E-state index contributed by atoms with van der Waals surface area (Å²) < 4.78 is 0. The summed E-state index contributed by atoms with van der Waals surface area (Å²) in [7, 11) is 0. The van der Waals surface area contributed by atoms with E-state index < -0.39 is 6.03 Å². The van der Waals surface area contributed by atoms with E-state index in [0.29, 0.717) is 0 Å². The van der Waals surface area contributed by atoms with Crippen molar-refractivity contribution in [2.24, 2.45) is 10.8 Å². The van der Waals surface area contributed by atoms with Crippen molar-refractivity contribution in [2.75, 3.05) is 0 Å². The quantitative estimate of drug-likeness (QED) is 0.537. The Kier molecular flexibility index (Phi) is 3.23. The number of hydrogen-bond acceptors (Lipinski definition) is 2. The van der Waals surface area contributed by atoms with Gasteiger partial charge in [-0.1, -0.05) is 23.8 Å². The van der Waals surface area contributed by atoms with Gasteiger partial charge in [-0.3, -0.25) is 0 Å². The lowest BCUT2D eigenvalue weighted by molar-refractivity contribution is 0.249. The molecule has 0 unspecified atom stereocenters. The molecule has 0 aliphatic heterocycles. The molecule has 0 aromatic heterocycles. The van der Waals surface area contributed by atoms with Crippen molar-refractivity contribution < 1.29 is 4.79 Å². The van der Waals surface area contributed by atoms with E-state index in [9.17, 15) is 4.79 Å². The molecule has 1 aromatic rings. The Balaban J connectivity index is 2.76. The summed E-state index contributed by atoms with van der Waals surface area (Å²) in [5, 5.41) is 3.68. The topological polar surface area (TPSA) is 67.5 Å². The largest absolute Gasteiger partial charge is 0.350 e. The molecule has 0 fully saturated rings. The van der Waals surface area contributed by atoms with Crippen LogP contribution in [-0.4, -0.2) is 12.2 Å². The fraction of sp³-hybridized carbons (Fsp3) is 0.200. The third-order valence-electron chi connectivity index (χ3n) is 1.80. The molecule has 0 atom stereocenters. The number of carbonyl (C=O) groups excluding carboxylic acids is 1. The number of hydrazone groups is 1. The second kappa shape index (κ2) is 4.41. The highest BCUT2D eigenvalue weighted by Crippen LogP contribution is 2.07. The normalized spacial score (nSPS) is 10.4. The number of aryl methyl sites for hydroxylation is 2. The first-order chi connectivity index (χ1) is 6.59. The van der Waals surface area contributed by atoms with Crippen LogP contribution in [-0.2, 0) is 0 Å². The summed E-state index contributed by atoms with van der Waals surface area (Å²) in [6, 6.07) is 5.31. The minimum Gasteiger partial charge on any atom is -0.350 e. The van der Waals surface area contributed by atoms with Crippen molar-refractivity contribution in [3.8, 4) is 0 Å². The molecule has 0 aliphatic rings. The number of amides is 2. The summed E-state index contributed by atoms with van der Waals surface area (Å²) in [5.74, 6) is 0. The molecule has 0 saturated carbocycles. The minimum atomic E-state index is -0.661. The number of urea groups is 1. The van der Waals surface area contributed by atoms with E-state index in [-0.39, 0.29) is 0 Å². The molecule has 3 N–H and O–H groups in total. The number of rotatable bonds is 2. The molecule has 1 aromatic carbocycles. The Bertz CT molecular complexity index is 372. The molecule has 2 amide bonds. The van der Waals surface area contributed by atoms with Crippen LogP contribution < -0.4 is 11.2 Å². The van der Waals surface area contributed by atoms with Crippen molar-refractivity contribution in [1.82, 2.24) is 5.43 Å². The van der Waals surface area contributed by atoms with Crippen LogP contribution in [0.3, 0.4) is 0 Å². The molecule has 4 heteroatoms. The Hall–Kier alpha value is -1.84. The molecular weight excluding hydrogens is 178 g/mol. The first-order valence-corrected chi connectivity index (χ1v) is 4.25. The molecule has 0 bridgehead atoms. The molecule has 0 heterocycles. The first-order valence-electron chi connectivity index (χ1n) is 4.25. The van der Waals surface area contributed by atoms with Crippen LogP contribution in [0.2, 0.25) is 0 Å². The number of nitrogens with zero attached hydrogens (tertiary/aromatic N) is 1. The fourth-order valence-corrected chi connectivity index (χ4v) is 1.14. The number of benzene rings is 1. The predicted molar refractivity (Wildman–Crippen MR) is 56.2 cm³/mol. The van der Waals surface area contributed by atoms with Crippen LogP contribution in [0.5, 0.6) is 0 Å². The predicted octanol–water partition coefficient (Wildman–Crippen LogP) is 1.31. The van der Waals surface area contributed by atoms with E-state index in [1.807, 2.05) is 32.0 Å². The number of primary amides is 1.